The topological polar surface area (TPSA) is 85.5 Å². The first-order valence-electron chi connectivity index (χ1n) is 12.6. The minimum absolute atomic E-state index is 0.0373. The van der Waals surface area contributed by atoms with Crippen LogP contribution < -0.4 is 4.74 Å². The van der Waals surface area contributed by atoms with E-state index in [0.717, 1.165) is 69.4 Å². The Morgan fingerprint density at radius 3 is 2.69 bits per heavy atom. The molecule has 3 heterocycles. The standard InChI is InChI=1S/C25H33F3N6O2/c1-33-30-16-21(32-33)14-23(35)29-15-19-4-2-18(3-5-19)8-11-34-12-9-20-6-7-24(31-22(20)10-13-34)36-17-25(26,27)28/h6-7,15-16,18-19H,2-5,8-14,17H2,1H3. The van der Waals surface area contributed by atoms with Gasteiger partial charge in [-0.15, -0.1) is 0 Å². The van der Waals surface area contributed by atoms with Crippen LogP contribution >= 0.6 is 0 Å². The molecule has 0 spiro atoms. The summed E-state index contributed by atoms with van der Waals surface area (Å²) in [5.74, 6) is 0.860. The number of carbonyl (C=O) groups is 1. The minimum Gasteiger partial charge on any atom is -0.468 e. The van der Waals surface area contributed by atoms with Crippen LogP contribution in [0.5, 0.6) is 5.88 Å². The number of ether oxygens (including phenoxy) is 1. The number of hydrogen-bond donors (Lipinski definition) is 0. The molecular weight excluding hydrogens is 473 g/mol. The number of fused-ring (bicyclic) bond motifs is 1. The van der Waals surface area contributed by atoms with Gasteiger partial charge in [0.25, 0.3) is 5.91 Å². The summed E-state index contributed by atoms with van der Waals surface area (Å²) in [5, 5.41) is 8.08. The number of amides is 1. The highest BCUT2D eigenvalue weighted by Crippen LogP contribution is 2.30. The molecule has 36 heavy (non-hydrogen) atoms. The number of nitrogens with zero attached hydrogens (tertiary/aromatic N) is 6. The number of pyridine rings is 1. The molecule has 2 aromatic rings. The molecule has 0 bridgehead atoms. The first-order chi connectivity index (χ1) is 17.2. The second kappa shape index (κ2) is 11.9. The van der Waals surface area contributed by atoms with Crippen molar-refractivity contribution in [3.63, 3.8) is 0 Å². The lowest BCUT2D eigenvalue weighted by Gasteiger charge is -2.28. The molecule has 1 aliphatic carbocycles. The third-order valence-electron chi connectivity index (χ3n) is 6.94. The van der Waals surface area contributed by atoms with Crippen LogP contribution in [-0.4, -0.2) is 69.4 Å². The zero-order valence-corrected chi connectivity index (χ0v) is 20.6. The second-order valence-electron chi connectivity index (χ2n) is 9.74. The average molecular weight is 507 g/mol. The normalized spacial score (nSPS) is 21.3. The van der Waals surface area contributed by atoms with Crippen molar-refractivity contribution in [3.05, 3.63) is 35.3 Å². The van der Waals surface area contributed by atoms with Gasteiger partial charge in [-0.2, -0.15) is 28.2 Å². The van der Waals surface area contributed by atoms with Crippen molar-refractivity contribution in [2.75, 3.05) is 26.2 Å². The van der Waals surface area contributed by atoms with Crippen molar-refractivity contribution in [1.29, 1.82) is 0 Å². The first kappa shape index (κ1) is 26.2. The lowest BCUT2D eigenvalue weighted by molar-refractivity contribution is -0.154. The van der Waals surface area contributed by atoms with Crippen LogP contribution in [0, 0.1) is 11.8 Å². The van der Waals surface area contributed by atoms with Crippen molar-refractivity contribution in [1.82, 2.24) is 24.9 Å². The maximum Gasteiger partial charge on any atom is 0.422 e. The van der Waals surface area contributed by atoms with E-state index < -0.39 is 12.8 Å². The molecule has 1 aliphatic heterocycles. The van der Waals surface area contributed by atoms with E-state index in [2.05, 4.69) is 25.1 Å². The number of aryl methyl sites for hydroxylation is 1. The van der Waals surface area contributed by atoms with Crippen LogP contribution in [0.1, 0.15) is 49.1 Å². The Hall–Kier alpha value is -2.82. The summed E-state index contributed by atoms with van der Waals surface area (Å²) < 4.78 is 42.1. The lowest BCUT2D eigenvalue weighted by atomic mass is 9.81. The fourth-order valence-corrected chi connectivity index (χ4v) is 4.92. The van der Waals surface area contributed by atoms with Gasteiger partial charge in [0.05, 0.1) is 18.3 Å². The SMILES string of the molecule is Cn1ncc(CC(=O)N=CC2CCC(CCN3CCc4ccc(OCC(F)(F)F)nc4CC3)CC2)n1. The van der Waals surface area contributed by atoms with Gasteiger partial charge in [-0.1, -0.05) is 6.07 Å². The molecule has 0 aromatic carbocycles. The molecule has 2 aliphatic rings. The first-order valence-corrected chi connectivity index (χ1v) is 12.6. The zero-order valence-electron chi connectivity index (χ0n) is 20.6. The summed E-state index contributed by atoms with van der Waals surface area (Å²) in [5.41, 5.74) is 2.56. The molecule has 0 N–H and O–H groups in total. The molecule has 0 atom stereocenters. The Balaban J connectivity index is 1.16. The van der Waals surface area contributed by atoms with Gasteiger partial charge in [0.2, 0.25) is 5.88 Å². The number of aliphatic imine (C=N–C) groups is 1. The predicted octanol–water partition coefficient (Wildman–Crippen LogP) is 3.59. The zero-order chi connectivity index (χ0) is 25.5. The summed E-state index contributed by atoms with van der Waals surface area (Å²) >= 11 is 0. The van der Waals surface area contributed by atoms with Crippen molar-refractivity contribution >= 4 is 12.1 Å². The summed E-state index contributed by atoms with van der Waals surface area (Å²) in [6, 6.07) is 3.38. The smallest absolute Gasteiger partial charge is 0.422 e. The van der Waals surface area contributed by atoms with E-state index in [1.165, 1.54) is 10.9 Å². The Labute approximate surface area is 208 Å². The Kier molecular flexibility index (Phi) is 8.71. The van der Waals surface area contributed by atoms with Crippen molar-refractivity contribution in [3.8, 4) is 5.88 Å². The second-order valence-corrected chi connectivity index (χ2v) is 9.74. The van der Waals surface area contributed by atoms with Crippen LogP contribution in [0.3, 0.4) is 0 Å². The van der Waals surface area contributed by atoms with Crippen molar-refractivity contribution in [2.24, 2.45) is 23.9 Å². The predicted molar refractivity (Wildman–Crippen MR) is 128 cm³/mol. The van der Waals surface area contributed by atoms with Gasteiger partial charge in [-0.3, -0.25) is 4.79 Å². The van der Waals surface area contributed by atoms with Gasteiger partial charge in [0.1, 0.15) is 0 Å². The van der Waals surface area contributed by atoms with Gasteiger partial charge < -0.3 is 9.64 Å². The number of halogens is 3. The van der Waals surface area contributed by atoms with Crippen LogP contribution in [0.15, 0.2) is 23.3 Å². The Morgan fingerprint density at radius 2 is 1.97 bits per heavy atom. The highest BCUT2D eigenvalue weighted by Gasteiger charge is 2.29. The van der Waals surface area contributed by atoms with Crippen molar-refractivity contribution < 1.29 is 22.7 Å². The summed E-state index contributed by atoms with van der Waals surface area (Å²) in [4.78, 5) is 24.4. The van der Waals surface area contributed by atoms with Crippen LogP contribution in [0.25, 0.3) is 0 Å². The fourth-order valence-electron chi connectivity index (χ4n) is 4.92. The van der Waals surface area contributed by atoms with E-state index >= 15 is 0 Å². The number of alkyl halides is 3. The molecule has 1 amide bonds. The number of carbonyl (C=O) groups excluding carboxylic acids is 1. The quantitative estimate of drug-likeness (QED) is 0.509. The Morgan fingerprint density at radius 1 is 1.19 bits per heavy atom. The molecule has 0 radical (unpaired) electrons. The summed E-state index contributed by atoms with van der Waals surface area (Å²) in [7, 11) is 1.72. The van der Waals surface area contributed by atoms with E-state index in [0.29, 0.717) is 24.0 Å². The lowest BCUT2D eigenvalue weighted by Crippen LogP contribution is -2.29. The van der Waals surface area contributed by atoms with E-state index in [9.17, 15) is 18.0 Å². The van der Waals surface area contributed by atoms with Gasteiger partial charge in [-0.25, -0.2) is 9.98 Å². The molecule has 0 saturated heterocycles. The molecule has 8 nitrogen and oxygen atoms in total. The third kappa shape index (κ3) is 8.11. The van der Waals surface area contributed by atoms with Crippen LogP contribution in [-0.2, 0) is 31.1 Å². The fraction of sp³-hybridized carbons (Fsp3) is 0.640. The van der Waals surface area contributed by atoms with E-state index in [1.807, 2.05) is 12.3 Å². The van der Waals surface area contributed by atoms with Crippen LogP contribution in [0.4, 0.5) is 13.2 Å². The number of aromatic nitrogens is 4. The van der Waals surface area contributed by atoms with Gasteiger partial charge in [-0.05, 0) is 62.5 Å². The van der Waals surface area contributed by atoms with Crippen LogP contribution in [0.2, 0.25) is 0 Å². The summed E-state index contributed by atoms with van der Waals surface area (Å²) in [6.07, 6.45) is 6.24. The molecule has 11 heteroatoms. The van der Waals surface area contributed by atoms with Gasteiger partial charge in [0, 0.05) is 44.5 Å². The molecule has 1 saturated carbocycles. The Bertz CT molecular complexity index is 1050. The monoisotopic (exact) mass is 506 g/mol. The molecule has 1 fully saturated rings. The van der Waals surface area contributed by atoms with Gasteiger partial charge >= 0.3 is 6.18 Å². The molecule has 196 valence electrons. The largest absolute Gasteiger partial charge is 0.468 e. The number of rotatable bonds is 8. The molecule has 4 rings (SSSR count). The average Bonchev–Trinajstić information content (AvgIpc) is 3.14. The van der Waals surface area contributed by atoms with Gasteiger partial charge in [0.15, 0.2) is 6.61 Å². The maximum absolute atomic E-state index is 12.4. The minimum atomic E-state index is -4.37. The molecule has 2 aromatic heterocycles. The van der Waals surface area contributed by atoms with E-state index in [1.54, 1.807) is 13.2 Å². The highest BCUT2D eigenvalue weighted by molar-refractivity contribution is 5.86. The molecular formula is C25H33F3N6O2. The highest BCUT2D eigenvalue weighted by atomic mass is 19.4. The summed E-state index contributed by atoms with van der Waals surface area (Å²) in [6.45, 7) is 1.45. The third-order valence-corrected chi connectivity index (χ3v) is 6.94. The van der Waals surface area contributed by atoms with E-state index in [4.69, 9.17) is 4.74 Å². The van der Waals surface area contributed by atoms with E-state index in [-0.39, 0.29) is 18.2 Å². The number of hydrogen-bond acceptors (Lipinski definition) is 6. The molecule has 0 unspecified atom stereocenters. The maximum atomic E-state index is 12.4. The van der Waals surface area contributed by atoms with Crippen molar-refractivity contribution in [2.45, 2.75) is 57.5 Å².